The Hall–Kier alpha value is -1.68. The zero-order valence-electron chi connectivity index (χ0n) is 12.4. The van der Waals surface area contributed by atoms with Gasteiger partial charge in [-0.2, -0.15) is 0 Å². The number of carbonyl (C=O) groups excluding carboxylic acids is 2. The second-order valence-electron chi connectivity index (χ2n) is 6.46. The predicted octanol–water partition coefficient (Wildman–Crippen LogP) is 1.97. The summed E-state index contributed by atoms with van der Waals surface area (Å²) in [5, 5.41) is 0. The molecule has 2 aliphatic rings. The molecule has 4 heteroatoms. The van der Waals surface area contributed by atoms with Crippen LogP contribution in [-0.2, 0) is 15.0 Å². The molecule has 1 aliphatic heterocycles. The van der Waals surface area contributed by atoms with Gasteiger partial charge in [-0.05, 0) is 25.3 Å². The second kappa shape index (κ2) is 5.26. The van der Waals surface area contributed by atoms with Crippen LogP contribution in [0.5, 0.6) is 0 Å². The highest BCUT2D eigenvalue weighted by atomic mass is 16.2. The first-order chi connectivity index (χ1) is 10.0. The van der Waals surface area contributed by atoms with Crippen molar-refractivity contribution in [3.63, 3.8) is 0 Å². The molecule has 3 atom stereocenters. The van der Waals surface area contributed by atoms with Crippen molar-refractivity contribution in [2.75, 3.05) is 0 Å². The zero-order chi connectivity index (χ0) is 15.0. The highest BCUT2D eigenvalue weighted by Gasteiger charge is 2.52. The van der Waals surface area contributed by atoms with Gasteiger partial charge in [0.25, 0.3) is 0 Å². The summed E-state index contributed by atoms with van der Waals surface area (Å²) in [6.45, 7) is 1.87. The van der Waals surface area contributed by atoms with Gasteiger partial charge in [0.2, 0.25) is 11.8 Å². The molecule has 1 aliphatic carbocycles. The highest BCUT2D eigenvalue weighted by Crippen LogP contribution is 2.39. The molecular formula is C17H22N2O2. The van der Waals surface area contributed by atoms with E-state index in [9.17, 15) is 9.59 Å². The van der Waals surface area contributed by atoms with Crippen molar-refractivity contribution in [3.8, 4) is 0 Å². The van der Waals surface area contributed by atoms with Gasteiger partial charge in [0.15, 0.2) is 0 Å². The number of rotatable bonds is 2. The van der Waals surface area contributed by atoms with E-state index in [2.05, 4.69) is 0 Å². The number of imide groups is 1. The number of hydrogen-bond acceptors (Lipinski definition) is 3. The molecule has 0 aromatic heterocycles. The smallest absolute Gasteiger partial charge is 0.240 e. The third kappa shape index (κ3) is 2.27. The fourth-order valence-corrected chi connectivity index (χ4v) is 3.67. The van der Waals surface area contributed by atoms with Gasteiger partial charge in [0.1, 0.15) is 0 Å². The van der Waals surface area contributed by atoms with Gasteiger partial charge in [-0.15, -0.1) is 0 Å². The molecule has 112 valence electrons. The minimum Gasteiger partial charge on any atom is -0.326 e. The summed E-state index contributed by atoms with van der Waals surface area (Å²) >= 11 is 0. The lowest BCUT2D eigenvalue weighted by Gasteiger charge is -2.35. The lowest BCUT2D eigenvalue weighted by molar-refractivity contribution is -0.143. The number of nitrogens with two attached hydrogens (primary N) is 1. The summed E-state index contributed by atoms with van der Waals surface area (Å²) in [5.74, 6) is -0.158. The maximum atomic E-state index is 12.9. The van der Waals surface area contributed by atoms with Crippen molar-refractivity contribution in [2.45, 2.75) is 56.5 Å². The third-order valence-corrected chi connectivity index (χ3v) is 4.99. The summed E-state index contributed by atoms with van der Waals surface area (Å²) in [5.41, 5.74) is 6.34. The number of nitrogens with zero attached hydrogens (tertiary/aromatic N) is 1. The SMILES string of the molecule is CC1(c2ccccc2)CC(=O)N([C@@H]2CCCC[C@H]2N)C1=O. The first-order valence-electron chi connectivity index (χ1n) is 7.71. The molecule has 1 aromatic rings. The number of carbonyl (C=O) groups is 2. The van der Waals surface area contributed by atoms with Gasteiger partial charge >= 0.3 is 0 Å². The molecule has 3 rings (SSSR count). The van der Waals surface area contributed by atoms with Crippen LogP contribution in [0.3, 0.4) is 0 Å². The van der Waals surface area contributed by atoms with Gasteiger partial charge in [-0.25, -0.2) is 0 Å². The van der Waals surface area contributed by atoms with Gasteiger partial charge in [0.05, 0.1) is 11.5 Å². The fraction of sp³-hybridized carbons (Fsp3) is 0.529. The molecule has 21 heavy (non-hydrogen) atoms. The van der Waals surface area contributed by atoms with E-state index in [0.29, 0.717) is 0 Å². The summed E-state index contributed by atoms with van der Waals surface area (Å²) < 4.78 is 0. The third-order valence-electron chi connectivity index (χ3n) is 4.99. The van der Waals surface area contributed by atoms with Crippen molar-refractivity contribution >= 4 is 11.8 Å². The standard InChI is InChI=1S/C17H22N2O2/c1-17(12-7-3-2-4-8-12)11-15(20)19(16(17)21)14-10-6-5-9-13(14)18/h2-4,7-8,13-14H,5-6,9-11,18H2,1H3/t13-,14-,17?/m1/s1. The molecule has 2 amide bonds. The van der Waals surface area contributed by atoms with Crippen molar-refractivity contribution in [1.82, 2.24) is 4.90 Å². The van der Waals surface area contributed by atoms with Crippen molar-refractivity contribution in [1.29, 1.82) is 0 Å². The molecule has 1 unspecified atom stereocenters. The van der Waals surface area contributed by atoms with Gasteiger partial charge in [0, 0.05) is 12.5 Å². The van der Waals surface area contributed by atoms with E-state index in [0.717, 1.165) is 31.2 Å². The minimum absolute atomic E-state index is 0.0753. The van der Waals surface area contributed by atoms with Gasteiger partial charge in [-0.1, -0.05) is 43.2 Å². The van der Waals surface area contributed by atoms with Crippen LogP contribution in [-0.4, -0.2) is 28.8 Å². The normalized spacial score (nSPS) is 33.5. The largest absolute Gasteiger partial charge is 0.326 e. The number of hydrogen-bond donors (Lipinski definition) is 1. The number of amides is 2. The highest BCUT2D eigenvalue weighted by molar-refractivity contribution is 6.09. The quantitative estimate of drug-likeness (QED) is 0.845. The molecule has 1 aromatic carbocycles. The van der Waals surface area contributed by atoms with Crippen molar-refractivity contribution in [2.24, 2.45) is 5.73 Å². The molecule has 1 saturated heterocycles. The summed E-state index contributed by atoms with van der Waals surface area (Å²) in [7, 11) is 0. The minimum atomic E-state index is -0.741. The van der Waals surface area contributed by atoms with Crippen LogP contribution in [0.2, 0.25) is 0 Å². The first-order valence-corrected chi connectivity index (χ1v) is 7.71. The Labute approximate surface area is 125 Å². The Kier molecular flexibility index (Phi) is 3.57. The van der Waals surface area contributed by atoms with E-state index >= 15 is 0 Å². The summed E-state index contributed by atoms with van der Waals surface area (Å²) in [4.78, 5) is 26.9. The van der Waals surface area contributed by atoms with E-state index in [1.54, 1.807) is 0 Å². The topological polar surface area (TPSA) is 63.4 Å². The molecular weight excluding hydrogens is 264 g/mol. The van der Waals surface area contributed by atoms with Crippen molar-refractivity contribution < 1.29 is 9.59 Å². The number of likely N-dealkylation sites (tertiary alicyclic amines) is 1. The van der Waals surface area contributed by atoms with E-state index in [4.69, 9.17) is 5.73 Å². The monoisotopic (exact) mass is 286 g/mol. The van der Waals surface area contributed by atoms with Crippen LogP contribution in [0.15, 0.2) is 30.3 Å². The second-order valence-corrected chi connectivity index (χ2v) is 6.46. The average molecular weight is 286 g/mol. The lowest BCUT2D eigenvalue weighted by Crippen LogP contribution is -2.53. The maximum absolute atomic E-state index is 12.9. The Morgan fingerprint density at radius 2 is 1.81 bits per heavy atom. The average Bonchev–Trinajstić information content (AvgIpc) is 2.72. The van der Waals surface area contributed by atoms with Crippen LogP contribution < -0.4 is 5.73 Å². The summed E-state index contributed by atoms with van der Waals surface area (Å²) in [6, 6.07) is 9.39. The van der Waals surface area contributed by atoms with E-state index in [1.807, 2.05) is 37.3 Å². The van der Waals surface area contributed by atoms with E-state index in [-0.39, 0.29) is 30.3 Å². The van der Waals surface area contributed by atoms with Crippen LogP contribution >= 0.6 is 0 Å². The molecule has 2 N–H and O–H groups in total. The summed E-state index contributed by atoms with van der Waals surface area (Å²) in [6.07, 6.45) is 4.10. The first kappa shape index (κ1) is 14.3. The molecule has 0 spiro atoms. The molecule has 0 radical (unpaired) electrons. The Morgan fingerprint density at radius 3 is 2.48 bits per heavy atom. The van der Waals surface area contributed by atoms with Gasteiger partial charge in [-0.3, -0.25) is 14.5 Å². The van der Waals surface area contributed by atoms with Gasteiger partial charge < -0.3 is 5.73 Å². The van der Waals surface area contributed by atoms with E-state index in [1.165, 1.54) is 4.90 Å². The molecule has 2 fully saturated rings. The Bertz CT molecular complexity index is 557. The molecule has 4 nitrogen and oxygen atoms in total. The van der Waals surface area contributed by atoms with Crippen LogP contribution in [0.4, 0.5) is 0 Å². The lowest BCUT2D eigenvalue weighted by atomic mass is 9.81. The Morgan fingerprint density at radius 1 is 1.14 bits per heavy atom. The maximum Gasteiger partial charge on any atom is 0.240 e. The Balaban J connectivity index is 1.92. The van der Waals surface area contributed by atoms with Crippen molar-refractivity contribution in [3.05, 3.63) is 35.9 Å². The molecule has 0 bridgehead atoms. The fourth-order valence-electron chi connectivity index (χ4n) is 3.67. The predicted molar refractivity (Wildman–Crippen MR) is 80.5 cm³/mol. The number of benzene rings is 1. The molecule has 1 saturated carbocycles. The van der Waals surface area contributed by atoms with Crippen LogP contribution in [0, 0.1) is 0 Å². The zero-order valence-corrected chi connectivity index (χ0v) is 12.4. The van der Waals surface area contributed by atoms with Crippen LogP contribution in [0.1, 0.15) is 44.6 Å². The molecule has 1 heterocycles. The van der Waals surface area contributed by atoms with E-state index < -0.39 is 5.41 Å². The van der Waals surface area contributed by atoms with Crippen LogP contribution in [0.25, 0.3) is 0 Å².